The molecule has 0 spiro atoms. The lowest BCUT2D eigenvalue weighted by atomic mass is 9.49. The van der Waals surface area contributed by atoms with Crippen LogP contribution in [0.5, 0.6) is 5.75 Å². The molecule has 0 aliphatic heterocycles. The Kier molecular flexibility index (Phi) is 7.54. The van der Waals surface area contributed by atoms with E-state index in [0.29, 0.717) is 5.56 Å². The highest BCUT2D eigenvalue weighted by Gasteiger charge is 2.72. The predicted molar refractivity (Wildman–Crippen MR) is 164 cm³/mol. The van der Waals surface area contributed by atoms with Gasteiger partial charge in [-0.2, -0.15) is 0 Å². The number of phenols is 1. The molecule has 0 saturated heterocycles. The second-order valence-electron chi connectivity index (χ2n) is 12.9. The van der Waals surface area contributed by atoms with Crippen molar-refractivity contribution in [2.24, 2.45) is 29.4 Å². The van der Waals surface area contributed by atoms with E-state index in [-0.39, 0.29) is 29.8 Å². The Balaban J connectivity index is 1.38. The number of rotatable bonds is 6. The number of Topliss-reactive ketones (excluding diaryl/α,β-unsaturated/α-hetero) is 5. The summed E-state index contributed by atoms with van der Waals surface area (Å²) < 4.78 is 0. The zero-order valence-corrected chi connectivity index (χ0v) is 25.5. The van der Waals surface area contributed by atoms with Gasteiger partial charge in [0.05, 0.1) is 29.5 Å². The lowest BCUT2D eigenvalue weighted by Gasteiger charge is -2.56. The quantitative estimate of drug-likeness (QED) is 0.286. The van der Waals surface area contributed by atoms with E-state index in [1.165, 1.54) is 25.1 Å². The number of ketones is 5. The summed E-state index contributed by atoms with van der Waals surface area (Å²) in [6.45, 7) is 1.64. The summed E-state index contributed by atoms with van der Waals surface area (Å²) in [6, 6.07) is 14.9. The minimum absolute atomic E-state index is 0.0704. The van der Waals surface area contributed by atoms with Crippen molar-refractivity contribution < 1.29 is 44.1 Å². The number of carbonyl (C=O) groups is 6. The van der Waals surface area contributed by atoms with E-state index in [1.807, 2.05) is 42.5 Å². The average Bonchev–Trinajstić information content (AvgIpc) is 3.00. The molecule has 5 N–H and O–H groups in total. The molecule has 11 nitrogen and oxygen atoms in total. The van der Waals surface area contributed by atoms with Crippen LogP contribution >= 0.6 is 0 Å². The van der Waals surface area contributed by atoms with Gasteiger partial charge in [0.25, 0.3) is 0 Å². The van der Waals surface area contributed by atoms with Gasteiger partial charge in [0, 0.05) is 24.3 Å². The summed E-state index contributed by atoms with van der Waals surface area (Å²) in [5.41, 5.74) is 3.33. The van der Waals surface area contributed by atoms with Gasteiger partial charge >= 0.3 is 0 Å². The number of likely N-dealkylation sites (N-methyl/N-ethyl adjacent to an activating group) is 1. The number of phenolic OH excluding ortho intramolecular Hbond substituents is 1. The molecule has 0 heterocycles. The predicted octanol–water partition coefficient (Wildman–Crippen LogP) is 0.906. The van der Waals surface area contributed by atoms with Crippen molar-refractivity contribution in [1.29, 1.82) is 0 Å². The fourth-order valence-electron chi connectivity index (χ4n) is 8.11. The maximum Gasteiger partial charge on any atom is 0.235 e. The molecule has 3 aliphatic carbocycles. The summed E-state index contributed by atoms with van der Waals surface area (Å²) in [5.74, 6) is -14.2. The Morgan fingerprint density at radius 1 is 0.913 bits per heavy atom. The highest BCUT2D eigenvalue weighted by Crippen LogP contribution is 2.54. The number of benzene rings is 3. The van der Waals surface area contributed by atoms with Crippen molar-refractivity contribution in [2.75, 3.05) is 14.1 Å². The van der Waals surface area contributed by atoms with Crippen LogP contribution in [0.15, 0.2) is 54.6 Å². The Morgan fingerprint density at radius 3 is 2.24 bits per heavy atom. The molecule has 8 atom stereocenters. The van der Waals surface area contributed by atoms with Gasteiger partial charge in [0.15, 0.2) is 34.7 Å². The highest BCUT2D eigenvalue weighted by molar-refractivity contribution is 6.32. The smallest absolute Gasteiger partial charge is 0.235 e. The Bertz CT molecular complexity index is 1860. The molecule has 3 aromatic carbocycles. The van der Waals surface area contributed by atoms with Crippen molar-refractivity contribution in [3.8, 4) is 5.75 Å². The van der Waals surface area contributed by atoms with E-state index in [2.05, 4.69) is 0 Å². The van der Waals surface area contributed by atoms with Crippen molar-refractivity contribution in [2.45, 2.75) is 43.4 Å². The van der Waals surface area contributed by atoms with Crippen molar-refractivity contribution in [3.05, 3.63) is 76.9 Å². The topological polar surface area (TPSA) is 192 Å². The van der Waals surface area contributed by atoms with E-state index >= 15 is 0 Å². The van der Waals surface area contributed by atoms with Crippen LogP contribution in [0.3, 0.4) is 0 Å². The molecule has 2 unspecified atom stereocenters. The molecule has 0 aromatic heterocycles. The minimum atomic E-state index is -3.07. The van der Waals surface area contributed by atoms with Crippen LogP contribution in [-0.4, -0.2) is 86.9 Å². The molecule has 238 valence electrons. The molecule has 0 bridgehead atoms. The molecule has 6 rings (SSSR count). The van der Waals surface area contributed by atoms with Crippen LogP contribution < -0.4 is 5.73 Å². The van der Waals surface area contributed by atoms with E-state index in [4.69, 9.17) is 5.73 Å². The molecule has 0 radical (unpaired) electrons. The largest absolute Gasteiger partial charge is 0.507 e. The fourth-order valence-corrected chi connectivity index (χ4v) is 8.11. The van der Waals surface area contributed by atoms with Crippen LogP contribution in [0, 0.1) is 23.7 Å². The zero-order valence-electron chi connectivity index (χ0n) is 25.5. The van der Waals surface area contributed by atoms with Crippen LogP contribution in [0.1, 0.15) is 39.9 Å². The molecule has 11 heteroatoms. The van der Waals surface area contributed by atoms with Crippen LogP contribution in [0.25, 0.3) is 10.8 Å². The third-order valence-corrected chi connectivity index (χ3v) is 10.2. The van der Waals surface area contributed by atoms with Gasteiger partial charge in [-0.05, 0) is 41.9 Å². The monoisotopic (exact) mass is 626 g/mol. The summed E-state index contributed by atoms with van der Waals surface area (Å²) in [6.07, 6.45) is -1.86. The third-order valence-electron chi connectivity index (χ3n) is 10.2. The van der Waals surface area contributed by atoms with E-state index in [0.717, 1.165) is 16.3 Å². The lowest BCUT2D eigenvalue weighted by molar-refractivity contribution is -0.196. The SMILES string of the molecule is C[C@@H]1c2ccc(CC(=O)Cc3cccc4ccccc34)c(O)c2C(=O)C2C(=O)[C@@]3(O)C(=O)C(C(N)=O)C(=O)[C@H](N(C)C)[C@H]3[C@H](O)[C@H]21. The first kappa shape index (κ1) is 31.4. The average molecular weight is 627 g/mol. The van der Waals surface area contributed by atoms with Gasteiger partial charge < -0.3 is 21.1 Å². The maximum absolute atomic E-state index is 14.1. The first-order valence-corrected chi connectivity index (χ1v) is 15.1. The number of hydrogen-bond donors (Lipinski definition) is 4. The molecule has 3 aliphatic rings. The van der Waals surface area contributed by atoms with Gasteiger partial charge in [-0.15, -0.1) is 0 Å². The van der Waals surface area contributed by atoms with Crippen LogP contribution in [0.4, 0.5) is 0 Å². The molecule has 46 heavy (non-hydrogen) atoms. The van der Waals surface area contributed by atoms with Gasteiger partial charge in [-0.3, -0.25) is 33.7 Å². The standard InChI is InChI=1S/C35H34N2O9/c1-15-20-12-11-18(14-19(38)13-17-9-6-8-16-7-4-5-10-21(16)17)28(39)23(20)29(40)24-22(15)30(41)26-27(37(2)3)31(42)25(34(36)45)33(44)35(26,46)32(24)43/h4-12,15,22,24-27,30,39,41,46H,13-14H2,1-3H3,(H2,36,45)/t15-,22+,24?,25?,26+,27-,30-,35-/m1/s1. The second kappa shape index (κ2) is 11.0. The summed E-state index contributed by atoms with van der Waals surface area (Å²) >= 11 is 0. The zero-order chi connectivity index (χ0) is 33.4. The van der Waals surface area contributed by atoms with E-state index in [1.54, 1.807) is 13.0 Å². The molecule has 1 amide bonds. The second-order valence-corrected chi connectivity index (χ2v) is 12.9. The van der Waals surface area contributed by atoms with Crippen LogP contribution in [0.2, 0.25) is 0 Å². The molecular weight excluding hydrogens is 592 g/mol. The number of nitrogens with zero attached hydrogens (tertiary/aromatic N) is 1. The summed E-state index contributed by atoms with van der Waals surface area (Å²) in [5, 5.41) is 36.8. The third kappa shape index (κ3) is 4.37. The number of aliphatic hydroxyl groups excluding tert-OH is 1. The van der Waals surface area contributed by atoms with E-state index in [9.17, 15) is 44.1 Å². The number of primary amides is 1. The number of hydrogen-bond acceptors (Lipinski definition) is 10. The number of fused-ring (bicyclic) bond motifs is 4. The van der Waals surface area contributed by atoms with Crippen molar-refractivity contribution in [1.82, 2.24) is 4.90 Å². The van der Waals surface area contributed by atoms with Crippen LogP contribution in [-0.2, 0) is 36.8 Å². The fraction of sp³-hybridized carbons (Fsp3) is 0.371. The maximum atomic E-state index is 14.1. The number of amides is 1. The highest BCUT2D eigenvalue weighted by atomic mass is 16.3. The lowest BCUT2D eigenvalue weighted by Crippen LogP contribution is -2.77. The molecular formula is C35H34N2O9. The van der Waals surface area contributed by atoms with Crippen molar-refractivity contribution >= 4 is 45.6 Å². The number of carbonyl (C=O) groups excluding carboxylic acids is 6. The normalized spacial score (nSPS) is 30.6. The Labute approximate surface area is 264 Å². The Hall–Kier alpha value is -4.58. The molecule has 2 saturated carbocycles. The summed E-state index contributed by atoms with van der Waals surface area (Å²) in [7, 11) is 2.87. The first-order valence-electron chi connectivity index (χ1n) is 15.1. The molecule has 2 fully saturated rings. The Morgan fingerprint density at radius 2 is 1.57 bits per heavy atom. The molecule has 3 aromatic rings. The summed E-state index contributed by atoms with van der Waals surface area (Å²) in [4.78, 5) is 81.8. The van der Waals surface area contributed by atoms with Gasteiger partial charge in [0.1, 0.15) is 11.5 Å². The van der Waals surface area contributed by atoms with Gasteiger partial charge in [-0.1, -0.05) is 61.5 Å². The van der Waals surface area contributed by atoms with Crippen molar-refractivity contribution in [3.63, 3.8) is 0 Å². The van der Waals surface area contributed by atoms with Gasteiger partial charge in [0.2, 0.25) is 5.91 Å². The van der Waals surface area contributed by atoms with Gasteiger partial charge in [-0.25, -0.2) is 0 Å². The van der Waals surface area contributed by atoms with E-state index < -0.39 is 82.1 Å². The number of aromatic hydroxyl groups is 1. The number of nitrogens with two attached hydrogens (primary N) is 1. The minimum Gasteiger partial charge on any atom is -0.507 e. The number of aliphatic hydroxyl groups is 2. The first-order chi connectivity index (χ1) is 21.7.